The second-order valence-electron chi connectivity index (χ2n) is 10.4. The zero-order chi connectivity index (χ0) is 27.4. The fourth-order valence-electron chi connectivity index (χ4n) is 5.76. The van der Waals surface area contributed by atoms with Crippen molar-refractivity contribution in [2.45, 2.75) is 38.6 Å². The van der Waals surface area contributed by atoms with Crippen molar-refractivity contribution in [2.75, 3.05) is 39.9 Å². The van der Waals surface area contributed by atoms with Crippen LogP contribution in [-0.4, -0.2) is 73.6 Å². The molecule has 0 radical (unpaired) electrons. The van der Waals surface area contributed by atoms with Crippen molar-refractivity contribution >= 4 is 28.9 Å². The minimum Gasteiger partial charge on any atom is -0.493 e. The number of para-hydroxylation sites is 1. The van der Waals surface area contributed by atoms with Crippen LogP contribution in [0.25, 0.3) is 11.0 Å². The Morgan fingerprint density at radius 1 is 1.00 bits per heavy atom. The number of nitrogens with zero attached hydrogens (tertiary/aromatic N) is 2. The van der Waals surface area contributed by atoms with Crippen LogP contribution in [0.4, 0.5) is 4.79 Å². The highest BCUT2D eigenvalue weighted by Gasteiger charge is 2.44. The van der Waals surface area contributed by atoms with Crippen LogP contribution >= 0.6 is 0 Å². The lowest BCUT2D eigenvalue weighted by Crippen LogP contribution is -2.50. The van der Waals surface area contributed by atoms with Crippen LogP contribution in [0.3, 0.4) is 0 Å². The van der Waals surface area contributed by atoms with E-state index >= 15 is 0 Å². The largest absolute Gasteiger partial charge is 0.493 e. The molecule has 3 heterocycles. The number of benzene rings is 2. The van der Waals surface area contributed by atoms with Crippen molar-refractivity contribution in [1.82, 2.24) is 15.1 Å². The monoisotopic (exact) mass is 533 g/mol. The van der Waals surface area contributed by atoms with Gasteiger partial charge in [-0.2, -0.15) is 0 Å². The van der Waals surface area contributed by atoms with E-state index < -0.39 is 12.1 Å². The molecule has 2 saturated heterocycles. The maximum Gasteiger partial charge on any atom is 0.407 e. The fraction of sp³-hybridized carbons (Fsp3) is 0.433. The number of carbonyl (C=O) groups excluding carboxylic acids is 3. The molecule has 1 aromatic heterocycles. The summed E-state index contributed by atoms with van der Waals surface area (Å²) in [7, 11) is 1.58. The molecule has 5 rings (SSSR count). The Morgan fingerprint density at radius 2 is 1.72 bits per heavy atom. The fourth-order valence-corrected chi connectivity index (χ4v) is 5.76. The van der Waals surface area contributed by atoms with Gasteiger partial charge in [-0.1, -0.05) is 42.5 Å². The van der Waals surface area contributed by atoms with Gasteiger partial charge in [0.1, 0.15) is 6.04 Å². The van der Waals surface area contributed by atoms with Crippen molar-refractivity contribution in [3.63, 3.8) is 0 Å². The van der Waals surface area contributed by atoms with Gasteiger partial charge in [-0.25, -0.2) is 4.79 Å². The lowest BCUT2D eigenvalue weighted by molar-refractivity contribution is -0.132. The first-order valence-corrected chi connectivity index (χ1v) is 13.5. The van der Waals surface area contributed by atoms with Gasteiger partial charge in [0.2, 0.25) is 5.91 Å². The molecule has 2 aliphatic heterocycles. The molecule has 2 fully saturated rings. The highest BCUT2D eigenvalue weighted by Crippen LogP contribution is 2.41. The Morgan fingerprint density at radius 3 is 2.41 bits per heavy atom. The normalized spacial score (nSPS) is 17.3. The Balaban J connectivity index is 1.22. The standard InChI is InChI=1S/C30H35N3O6/c1-3-38-29(36)31-23(18-21-8-5-4-6-9-21)27(34)33-17-14-30(20-33)12-15-32(16-13-30)28(35)25-19-22-10-7-11-24(37-2)26(22)39-25/h4-11,19,23H,3,12-18,20H2,1-2H3,(H,31,36)/t23-/m0/s1. The smallest absolute Gasteiger partial charge is 0.407 e. The van der Waals surface area contributed by atoms with Gasteiger partial charge >= 0.3 is 6.09 Å². The molecular weight excluding hydrogens is 498 g/mol. The number of rotatable bonds is 7. The van der Waals surface area contributed by atoms with Gasteiger partial charge in [-0.3, -0.25) is 9.59 Å². The number of likely N-dealkylation sites (tertiary alicyclic amines) is 2. The van der Waals surface area contributed by atoms with E-state index in [-0.39, 0.29) is 23.8 Å². The van der Waals surface area contributed by atoms with Crippen molar-refractivity contribution in [3.8, 4) is 5.75 Å². The van der Waals surface area contributed by atoms with Gasteiger partial charge in [0.05, 0.1) is 13.7 Å². The topological polar surface area (TPSA) is 101 Å². The molecule has 0 unspecified atom stereocenters. The summed E-state index contributed by atoms with van der Waals surface area (Å²) in [5, 5.41) is 3.60. The summed E-state index contributed by atoms with van der Waals surface area (Å²) in [6.45, 7) is 4.42. The number of ether oxygens (including phenoxy) is 2. The van der Waals surface area contributed by atoms with Crippen LogP contribution in [0, 0.1) is 5.41 Å². The number of carbonyl (C=O) groups is 3. The molecule has 3 amide bonds. The molecule has 3 aromatic rings. The van der Waals surface area contributed by atoms with Gasteiger partial charge in [0.25, 0.3) is 5.91 Å². The molecule has 9 heteroatoms. The summed E-state index contributed by atoms with van der Waals surface area (Å²) in [4.78, 5) is 42.7. The third-order valence-corrected chi connectivity index (χ3v) is 7.95. The zero-order valence-corrected chi connectivity index (χ0v) is 22.5. The van der Waals surface area contributed by atoms with Crippen molar-refractivity contribution in [3.05, 3.63) is 65.9 Å². The van der Waals surface area contributed by atoms with Crippen LogP contribution in [0.2, 0.25) is 0 Å². The first kappa shape index (κ1) is 26.6. The third kappa shape index (κ3) is 5.72. The van der Waals surface area contributed by atoms with E-state index in [0.717, 1.165) is 30.2 Å². The van der Waals surface area contributed by atoms with E-state index in [1.54, 1.807) is 20.1 Å². The molecule has 2 aromatic carbocycles. The molecule has 0 aliphatic carbocycles. The number of amides is 3. The highest BCUT2D eigenvalue weighted by molar-refractivity contribution is 5.97. The predicted molar refractivity (Wildman–Crippen MR) is 146 cm³/mol. The number of hydrogen-bond acceptors (Lipinski definition) is 6. The highest BCUT2D eigenvalue weighted by atomic mass is 16.5. The summed E-state index contributed by atoms with van der Waals surface area (Å²) < 4.78 is 16.3. The third-order valence-electron chi connectivity index (χ3n) is 7.95. The summed E-state index contributed by atoms with van der Waals surface area (Å²) in [6, 6.07) is 16.3. The first-order chi connectivity index (χ1) is 18.9. The molecule has 206 valence electrons. The first-order valence-electron chi connectivity index (χ1n) is 13.5. The van der Waals surface area contributed by atoms with E-state index in [4.69, 9.17) is 13.9 Å². The van der Waals surface area contributed by atoms with Crippen molar-refractivity contribution in [1.29, 1.82) is 0 Å². The Bertz CT molecular complexity index is 1330. The summed E-state index contributed by atoms with van der Waals surface area (Å²) in [5.41, 5.74) is 1.50. The average Bonchev–Trinajstić information content (AvgIpc) is 3.58. The number of hydrogen-bond donors (Lipinski definition) is 1. The number of methoxy groups -OCH3 is 1. The molecule has 1 spiro atoms. The van der Waals surface area contributed by atoms with Gasteiger partial charge in [-0.05, 0) is 49.3 Å². The number of fused-ring (bicyclic) bond motifs is 1. The summed E-state index contributed by atoms with van der Waals surface area (Å²) in [6.07, 6.45) is 2.30. The number of furan rings is 1. The molecule has 0 bridgehead atoms. The van der Waals surface area contributed by atoms with Crippen LogP contribution in [0.5, 0.6) is 5.75 Å². The van der Waals surface area contributed by atoms with E-state index in [9.17, 15) is 14.4 Å². The van der Waals surface area contributed by atoms with Crippen molar-refractivity contribution in [2.24, 2.45) is 5.41 Å². The van der Waals surface area contributed by atoms with Gasteiger partial charge < -0.3 is 29.0 Å². The lowest BCUT2D eigenvalue weighted by atomic mass is 9.77. The van der Waals surface area contributed by atoms with E-state index in [1.807, 2.05) is 58.3 Å². The van der Waals surface area contributed by atoms with Gasteiger partial charge in [0, 0.05) is 38.0 Å². The second-order valence-corrected chi connectivity index (χ2v) is 10.4. The second kappa shape index (κ2) is 11.4. The Labute approximate surface area is 228 Å². The van der Waals surface area contributed by atoms with Crippen LogP contribution < -0.4 is 10.1 Å². The molecular formula is C30H35N3O6. The molecule has 39 heavy (non-hydrogen) atoms. The molecule has 0 saturated carbocycles. The van der Waals surface area contributed by atoms with E-state index in [2.05, 4.69) is 5.32 Å². The lowest BCUT2D eigenvalue weighted by Gasteiger charge is -2.39. The minimum atomic E-state index is -0.701. The molecule has 9 nitrogen and oxygen atoms in total. The zero-order valence-electron chi connectivity index (χ0n) is 22.5. The average molecular weight is 534 g/mol. The van der Waals surface area contributed by atoms with Crippen molar-refractivity contribution < 1.29 is 28.3 Å². The van der Waals surface area contributed by atoms with E-state index in [0.29, 0.717) is 49.7 Å². The quantitative estimate of drug-likeness (QED) is 0.487. The number of piperidine rings is 1. The molecule has 2 aliphatic rings. The maximum absolute atomic E-state index is 13.6. The summed E-state index contributed by atoms with van der Waals surface area (Å²) >= 11 is 0. The Kier molecular flexibility index (Phi) is 7.77. The number of alkyl carbamates (subject to hydrolysis) is 1. The van der Waals surface area contributed by atoms with Gasteiger partial charge in [-0.15, -0.1) is 0 Å². The SMILES string of the molecule is CCOC(=O)N[C@@H](Cc1ccccc1)C(=O)N1CCC2(CCN(C(=O)c3cc4cccc(OC)c4o3)CC2)C1. The Hall–Kier alpha value is -4.01. The van der Waals surface area contributed by atoms with Gasteiger partial charge in [0.15, 0.2) is 17.1 Å². The minimum absolute atomic E-state index is 0.0369. The molecule has 1 atom stereocenters. The van der Waals surface area contributed by atoms with E-state index in [1.165, 1.54) is 0 Å². The van der Waals surface area contributed by atoms with Crippen LogP contribution in [-0.2, 0) is 16.0 Å². The van der Waals surface area contributed by atoms with Crippen LogP contribution in [0.15, 0.2) is 59.0 Å². The predicted octanol–water partition coefficient (Wildman–Crippen LogP) is 4.25. The molecule has 1 N–H and O–H groups in total. The summed E-state index contributed by atoms with van der Waals surface area (Å²) in [5.74, 6) is 0.680. The number of nitrogens with one attached hydrogen (secondary N) is 1. The van der Waals surface area contributed by atoms with Crippen LogP contribution in [0.1, 0.15) is 42.3 Å². The maximum atomic E-state index is 13.6.